The van der Waals surface area contributed by atoms with Gasteiger partial charge < -0.3 is 0 Å². The highest BCUT2D eigenvalue weighted by Gasteiger charge is 2.12. The molecule has 0 saturated carbocycles. The van der Waals surface area contributed by atoms with Gasteiger partial charge in [-0.15, -0.1) is 0 Å². The predicted octanol–water partition coefficient (Wildman–Crippen LogP) is 4.35. The normalized spacial score (nSPS) is 12.3. The second-order valence-corrected chi connectivity index (χ2v) is 4.70. The standard InChI is InChI=1S/C12H15Br/c1-12(2,3)11-6-4-5-10(9-11)7-8-13/h4-9H,1-3H3. The Morgan fingerprint density at radius 3 is 2.46 bits per heavy atom. The molecule has 0 atom stereocenters. The average molecular weight is 239 g/mol. The summed E-state index contributed by atoms with van der Waals surface area (Å²) in [5, 5.41) is 0. The van der Waals surface area contributed by atoms with Crippen LogP contribution in [0, 0.1) is 0 Å². The van der Waals surface area contributed by atoms with Gasteiger partial charge in [-0.1, -0.05) is 61.0 Å². The lowest BCUT2D eigenvalue weighted by molar-refractivity contribution is 0.590. The van der Waals surface area contributed by atoms with Gasteiger partial charge in [-0.2, -0.15) is 0 Å². The van der Waals surface area contributed by atoms with Gasteiger partial charge in [-0.05, 0) is 27.6 Å². The number of halogens is 1. The van der Waals surface area contributed by atoms with Gasteiger partial charge in [0.15, 0.2) is 0 Å². The number of hydrogen-bond donors (Lipinski definition) is 0. The first-order valence-electron chi connectivity index (χ1n) is 4.41. The Labute approximate surface area is 88.8 Å². The van der Waals surface area contributed by atoms with Crippen LogP contribution in [0.1, 0.15) is 31.9 Å². The molecular weight excluding hydrogens is 224 g/mol. The number of benzene rings is 1. The zero-order valence-corrected chi connectivity index (χ0v) is 9.93. The summed E-state index contributed by atoms with van der Waals surface area (Å²) in [6.45, 7) is 6.68. The quantitative estimate of drug-likeness (QED) is 0.683. The summed E-state index contributed by atoms with van der Waals surface area (Å²) in [7, 11) is 0. The van der Waals surface area contributed by atoms with E-state index in [-0.39, 0.29) is 5.41 Å². The van der Waals surface area contributed by atoms with Gasteiger partial charge >= 0.3 is 0 Å². The molecule has 0 spiro atoms. The Kier molecular flexibility index (Phi) is 3.32. The minimum atomic E-state index is 0.232. The molecule has 0 radical (unpaired) electrons. The molecule has 0 aliphatic heterocycles. The number of rotatable bonds is 1. The SMILES string of the molecule is CC(C)(C)c1cccc(C=CBr)c1. The van der Waals surface area contributed by atoms with Gasteiger partial charge in [0.1, 0.15) is 0 Å². The second kappa shape index (κ2) is 4.10. The van der Waals surface area contributed by atoms with Crippen LogP contribution in [0.25, 0.3) is 6.08 Å². The third-order valence-corrected chi connectivity index (χ3v) is 2.27. The molecule has 13 heavy (non-hydrogen) atoms. The van der Waals surface area contributed by atoms with Crippen molar-refractivity contribution in [3.63, 3.8) is 0 Å². The van der Waals surface area contributed by atoms with Gasteiger partial charge in [-0.25, -0.2) is 0 Å². The second-order valence-electron chi connectivity index (χ2n) is 4.17. The lowest BCUT2D eigenvalue weighted by atomic mass is 9.86. The minimum Gasteiger partial charge on any atom is -0.0614 e. The van der Waals surface area contributed by atoms with E-state index in [1.165, 1.54) is 11.1 Å². The van der Waals surface area contributed by atoms with E-state index in [4.69, 9.17) is 0 Å². The van der Waals surface area contributed by atoms with Crippen molar-refractivity contribution >= 4 is 22.0 Å². The van der Waals surface area contributed by atoms with Crippen molar-refractivity contribution in [2.24, 2.45) is 0 Å². The highest BCUT2D eigenvalue weighted by Crippen LogP contribution is 2.23. The van der Waals surface area contributed by atoms with Gasteiger partial charge in [-0.3, -0.25) is 0 Å². The van der Waals surface area contributed by atoms with E-state index in [0.29, 0.717) is 0 Å². The van der Waals surface area contributed by atoms with Crippen LogP contribution in [0.3, 0.4) is 0 Å². The van der Waals surface area contributed by atoms with Crippen molar-refractivity contribution < 1.29 is 0 Å². The highest BCUT2D eigenvalue weighted by atomic mass is 79.9. The molecule has 0 nitrogen and oxygen atoms in total. The van der Waals surface area contributed by atoms with E-state index in [1.807, 2.05) is 4.99 Å². The molecule has 0 bridgehead atoms. The topological polar surface area (TPSA) is 0 Å². The molecule has 1 aromatic rings. The smallest absolute Gasteiger partial charge is 0.0132 e. The summed E-state index contributed by atoms with van der Waals surface area (Å²) in [6, 6.07) is 8.60. The molecule has 0 aliphatic carbocycles. The molecule has 0 N–H and O–H groups in total. The Morgan fingerprint density at radius 2 is 1.92 bits per heavy atom. The molecule has 0 aromatic heterocycles. The van der Waals surface area contributed by atoms with Crippen LogP contribution in [-0.4, -0.2) is 0 Å². The first-order valence-corrected chi connectivity index (χ1v) is 5.33. The van der Waals surface area contributed by atoms with E-state index < -0.39 is 0 Å². The first kappa shape index (κ1) is 10.5. The largest absolute Gasteiger partial charge is 0.0614 e. The van der Waals surface area contributed by atoms with Crippen LogP contribution >= 0.6 is 15.9 Å². The summed E-state index contributed by atoms with van der Waals surface area (Å²) in [4.78, 5) is 1.88. The van der Waals surface area contributed by atoms with Crippen LogP contribution < -0.4 is 0 Å². The molecular formula is C12H15Br. The van der Waals surface area contributed by atoms with Gasteiger partial charge in [0.2, 0.25) is 0 Å². The maximum absolute atomic E-state index is 3.28. The third-order valence-electron chi connectivity index (χ3n) is 2.01. The van der Waals surface area contributed by atoms with E-state index in [1.54, 1.807) is 0 Å². The summed E-state index contributed by atoms with van der Waals surface area (Å²) >= 11 is 3.28. The van der Waals surface area contributed by atoms with Crippen LogP contribution in [0.4, 0.5) is 0 Å². The zero-order chi connectivity index (χ0) is 9.90. The fourth-order valence-electron chi connectivity index (χ4n) is 1.18. The van der Waals surface area contributed by atoms with E-state index in [9.17, 15) is 0 Å². The minimum absolute atomic E-state index is 0.232. The molecule has 0 saturated heterocycles. The lowest BCUT2D eigenvalue weighted by Gasteiger charge is -2.19. The first-order chi connectivity index (χ1) is 6.04. The van der Waals surface area contributed by atoms with E-state index >= 15 is 0 Å². The Hall–Kier alpha value is -0.560. The Bertz CT molecular complexity index is 305. The molecule has 1 rings (SSSR count). The van der Waals surface area contributed by atoms with Gasteiger partial charge in [0.25, 0.3) is 0 Å². The van der Waals surface area contributed by atoms with Crippen LogP contribution in [-0.2, 0) is 5.41 Å². The van der Waals surface area contributed by atoms with Crippen molar-refractivity contribution in [3.8, 4) is 0 Å². The Balaban J connectivity index is 3.05. The maximum atomic E-state index is 3.28. The summed E-state index contributed by atoms with van der Waals surface area (Å²) < 4.78 is 0. The van der Waals surface area contributed by atoms with Crippen molar-refractivity contribution in [2.45, 2.75) is 26.2 Å². The molecule has 1 heteroatoms. The molecule has 0 unspecified atom stereocenters. The van der Waals surface area contributed by atoms with Crippen molar-refractivity contribution in [2.75, 3.05) is 0 Å². The monoisotopic (exact) mass is 238 g/mol. The number of hydrogen-bond acceptors (Lipinski definition) is 0. The van der Waals surface area contributed by atoms with E-state index in [2.05, 4.69) is 67.0 Å². The zero-order valence-electron chi connectivity index (χ0n) is 8.34. The molecule has 0 heterocycles. The summed E-state index contributed by atoms with van der Waals surface area (Å²) in [5.74, 6) is 0. The van der Waals surface area contributed by atoms with Crippen molar-refractivity contribution in [1.29, 1.82) is 0 Å². The van der Waals surface area contributed by atoms with Gasteiger partial charge in [0.05, 0.1) is 0 Å². The van der Waals surface area contributed by atoms with Crippen LogP contribution in [0.15, 0.2) is 29.3 Å². The van der Waals surface area contributed by atoms with E-state index in [0.717, 1.165) is 0 Å². The molecule has 0 amide bonds. The lowest BCUT2D eigenvalue weighted by Crippen LogP contribution is -2.10. The molecule has 70 valence electrons. The van der Waals surface area contributed by atoms with Crippen LogP contribution in [0.2, 0.25) is 0 Å². The average Bonchev–Trinajstić information content (AvgIpc) is 2.04. The van der Waals surface area contributed by atoms with Crippen molar-refractivity contribution in [1.82, 2.24) is 0 Å². The molecule has 0 aliphatic rings. The predicted molar refractivity (Wildman–Crippen MR) is 63.1 cm³/mol. The molecule has 1 aromatic carbocycles. The maximum Gasteiger partial charge on any atom is -0.0132 e. The summed E-state index contributed by atoms with van der Waals surface area (Å²) in [5.41, 5.74) is 2.84. The van der Waals surface area contributed by atoms with Crippen LogP contribution in [0.5, 0.6) is 0 Å². The highest BCUT2D eigenvalue weighted by molar-refractivity contribution is 9.11. The fraction of sp³-hybridized carbons (Fsp3) is 0.333. The summed E-state index contributed by atoms with van der Waals surface area (Å²) in [6.07, 6.45) is 2.05. The molecule has 0 fully saturated rings. The van der Waals surface area contributed by atoms with Crippen molar-refractivity contribution in [3.05, 3.63) is 40.4 Å². The Morgan fingerprint density at radius 1 is 1.23 bits per heavy atom. The third kappa shape index (κ3) is 3.00. The fourth-order valence-corrected chi connectivity index (χ4v) is 1.49. The van der Waals surface area contributed by atoms with Gasteiger partial charge in [0, 0.05) is 0 Å².